The molecule has 0 radical (unpaired) electrons. The first-order valence-corrected chi connectivity index (χ1v) is 7.94. The smallest absolute Gasteiger partial charge is 0.251 e. The van der Waals surface area contributed by atoms with Gasteiger partial charge in [0.1, 0.15) is 0 Å². The van der Waals surface area contributed by atoms with E-state index in [9.17, 15) is 9.59 Å². The lowest BCUT2D eigenvalue weighted by Crippen LogP contribution is -2.50. The van der Waals surface area contributed by atoms with Crippen molar-refractivity contribution in [3.63, 3.8) is 0 Å². The Kier molecular flexibility index (Phi) is 7.85. The zero-order chi connectivity index (χ0) is 15.2. The third kappa shape index (κ3) is 4.97. The van der Waals surface area contributed by atoms with Gasteiger partial charge in [-0.1, -0.05) is 22.0 Å². The van der Waals surface area contributed by atoms with E-state index in [2.05, 4.69) is 21.2 Å². The molecule has 7 heteroatoms. The third-order valence-electron chi connectivity index (χ3n) is 3.71. The van der Waals surface area contributed by atoms with Crippen molar-refractivity contribution in [3.8, 4) is 0 Å². The molecule has 1 atom stereocenters. The molecule has 0 saturated carbocycles. The molecule has 1 aliphatic rings. The Morgan fingerprint density at radius 1 is 1.36 bits per heavy atom. The van der Waals surface area contributed by atoms with E-state index >= 15 is 0 Å². The largest absolute Gasteiger partial charge is 0.343 e. The van der Waals surface area contributed by atoms with Crippen LogP contribution in [0.5, 0.6) is 0 Å². The van der Waals surface area contributed by atoms with Crippen LogP contribution in [0.3, 0.4) is 0 Å². The Hall–Kier alpha value is -1.11. The monoisotopic (exact) mass is 389 g/mol. The fraction of sp³-hybridized carbons (Fsp3) is 0.467. The van der Waals surface area contributed by atoms with Crippen molar-refractivity contribution >= 4 is 40.2 Å². The van der Waals surface area contributed by atoms with Crippen LogP contribution in [0.4, 0.5) is 0 Å². The van der Waals surface area contributed by atoms with Crippen LogP contribution in [0, 0.1) is 0 Å². The molecule has 3 N–H and O–H groups in total. The highest BCUT2D eigenvalue weighted by atomic mass is 79.9. The molecule has 2 rings (SSSR count). The minimum atomic E-state index is -0.244. The molecule has 0 aromatic heterocycles. The van der Waals surface area contributed by atoms with Gasteiger partial charge in [-0.2, -0.15) is 0 Å². The Balaban J connectivity index is 0.00000242. The van der Waals surface area contributed by atoms with Gasteiger partial charge in [-0.15, -0.1) is 12.4 Å². The molecule has 22 heavy (non-hydrogen) atoms. The number of hydrogen-bond acceptors (Lipinski definition) is 3. The van der Waals surface area contributed by atoms with E-state index < -0.39 is 0 Å². The Labute approximate surface area is 145 Å². The van der Waals surface area contributed by atoms with Crippen molar-refractivity contribution in [2.45, 2.75) is 25.3 Å². The summed E-state index contributed by atoms with van der Waals surface area (Å²) in [6, 6.07) is 7.18. The number of piperidine rings is 1. The third-order valence-corrected chi connectivity index (χ3v) is 4.20. The predicted octanol–water partition coefficient (Wildman–Crippen LogP) is 1.94. The quantitative estimate of drug-likeness (QED) is 0.825. The van der Waals surface area contributed by atoms with Crippen molar-refractivity contribution in [2.75, 3.05) is 19.6 Å². The van der Waals surface area contributed by atoms with Gasteiger partial charge in [0, 0.05) is 29.2 Å². The predicted molar refractivity (Wildman–Crippen MR) is 92.1 cm³/mol. The number of likely N-dealkylation sites (tertiary alicyclic amines) is 1. The molecular formula is C15H21BrClN3O2. The molecule has 1 unspecified atom stereocenters. The van der Waals surface area contributed by atoms with Gasteiger partial charge >= 0.3 is 0 Å². The molecule has 1 fully saturated rings. The fourth-order valence-electron chi connectivity index (χ4n) is 2.56. The maximum Gasteiger partial charge on any atom is 0.251 e. The van der Waals surface area contributed by atoms with Gasteiger partial charge in [-0.25, -0.2) is 0 Å². The summed E-state index contributed by atoms with van der Waals surface area (Å²) >= 11 is 3.32. The summed E-state index contributed by atoms with van der Waals surface area (Å²) in [4.78, 5) is 26.0. The van der Waals surface area contributed by atoms with Gasteiger partial charge in [-0.05, 0) is 37.5 Å². The molecule has 0 aliphatic carbocycles. The molecule has 2 amide bonds. The van der Waals surface area contributed by atoms with Crippen molar-refractivity contribution < 1.29 is 9.59 Å². The van der Waals surface area contributed by atoms with Crippen LogP contribution in [-0.4, -0.2) is 42.4 Å². The molecule has 1 aliphatic heterocycles. The second kappa shape index (κ2) is 9.12. The summed E-state index contributed by atoms with van der Waals surface area (Å²) in [6.07, 6.45) is 3.06. The van der Waals surface area contributed by atoms with Crippen LogP contribution < -0.4 is 11.1 Å². The van der Waals surface area contributed by atoms with E-state index in [-0.39, 0.29) is 36.8 Å². The number of nitrogens with zero attached hydrogens (tertiary/aromatic N) is 1. The summed E-state index contributed by atoms with van der Waals surface area (Å²) in [5, 5.41) is 2.68. The van der Waals surface area contributed by atoms with Crippen molar-refractivity contribution in [3.05, 3.63) is 34.3 Å². The molecule has 122 valence electrons. The van der Waals surface area contributed by atoms with Gasteiger partial charge in [0.25, 0.3) is 5.91 Å². The number of benzene rings is 1. The second-order valence-electron chi connectivity index (χ2n) is 5.17. The molecule has 1 aromatic carbocycles. The van der Waals surface area contributed by atoms with E-state index in [0.717, 1.165) is 30.3 Å². The normalized spacial score (nSPS) is 17.5. The van der Waals surface area contributed by atoms with E-state index in [0.29, 0.717) is 12.1 Å². The summed E-state index contributed by atoms with van der Waals surface area (Å²) < 4.78 is 0.834. The van der Waals surface area contributed by atoms with Crippen molar-refractivity contribution in [2.24, 2.45) is 5.73 Å². The van der Waals surface area contributed by atoms with E-state index in [1.54, 1.807) is 23.1 Å². The van der Waals surface area contributed by atoms with Gasteiger partial charge in [0.2, 0.25) is 5.91 Å². The molecule has 0 bridgehead atoms. The first-order valence-electron chi connectivity index (χ1n) is 7.15. The highest BCUT2D eigenvalue weighted by Crippen LogP contribution is 2.16. The van der Waals surface area contributed by atoms with E-state index in [4.69, 9.17) is 5.73 Å². The topological polar surface area (TPSA) is 75.4 Å². The van der Waals surface area contributed by atoms with Crippen LogP contribution in [-0.2, 0) is 4.79 Å². The highest BCUT2D eigenvalue weighted by Gasteiger charge is 2.25. The van der Waals surface area contributed by atoms with Gasteiger partial charge in [-0.3, -0.25) is 9.59 Å². The van der Waals surface area contributed by atoms with Crippen LogP contribution in [0.15, 0.2) is 28.7 Å². The number of rotatable bonds is 4. The minimum Gasteiger partial charge on any atom is -0.343 e. The van der Waals surface area contributed by atoms with Crippen LogP contribution in [0.25, 0.3) is 0 Å². The fourth-order valence-corrected chi connectivity index (χ4v) is 2.96. The van der Waals surface area contributed by atoms with Crippen molar-refractivity contribution in [1.82, 2.24) is 10.2 Å². The number of hydrogen-bond donors (Lipinski definition) is 2. The second-order valence-corrected chi connectivity index (χ2v) is 6.08. The maximum absolute atomic E-state index is 12.2. The number of carbonyl (C=O) groups excluding carboxylic acids is 2. The lowest BCUT2D eigenvalue weighted by Gasteiger charge is -2.35. The summed E-state index contributed by atoms with van der Waals surface area (Å²) in [7, 11) is 0. The van der Waals surface area contributed by atoms with Gasteiger partial charge < -0.3 is 16.0 Å². The standard InChI is InChI=1S/C15H20BrN3O2.ClH/c16-12-5-3-4-11(8-12)15(21)18-10-14(20)19-7-2-1-6-13(19)9-17;/h3-5,8,13H,1-2,6-7,9-10,17H2,(H,18,21);1H. The Bertz CT molecular complexity index is 527. The molecule has 5 nitrogen and oxygen atoms in total. The molecule has 1 aromatic rings. The summed E-state index contributed by atoms with van der Waals surface area (Å²) in [5.74, 6) is -0.306. The number of nitrogens with two attached hydrogens (primary N) is 1. The van der Waals surface area contributed by atoms with E-state index in [1.165, 1.54) is 0 Å². The lowest BCUT2D eigenvalue weighted by molar-refractivity contribution is -0.133. The lowest BCUT2D eigenvalue weighted by atomic mass is 10.0. The number of amides is 2. The molecule has 1 saturated heterocycles. The van der Waals surface area contributed by atoms with Crippen LogP contribution in [0.1, 0.15) is 29.6 Å². The van der Waals surface area contributed by atoms with Crippen molar-refractivity contribution in [1.29, 1.82) is 0 Å². The Morgan fingerprint density at radius 2 is 2.14 bits per heavy atom. The summed E-state index contributed by atoms with van der Waals surface area (Å²) in [5.41, 5.74) is 6.24. The van der Waals surface area contributed by atoms with Gasteiger partial charge in [0.15, 0.2) is 0 Å². The number of nitrogens with one attached hydrogen (secondary N) is 1. The van der Waals surface area contributed by atoms with Crippen LogP contribution >= 0.6 is 28.3 Å². The average molecular weight is 391 g/mol. The average Bonchev–Trinajstić information content (AvgIpc) is 2.52. The first kappa shape index (κ1) is 18.9. The Morgan fingerprint density at radius 3 is 2.82 bits per heavy atom. The molecular weight excluding hydrogens is 370 g/mol. The number of carbonyl (C=O) groups is 2. The molecule has 0 spiro atoms. The highest BCUT2D eigenvalue weighted by molar-refractivity contribution is 9.10. The molecule has 1 heterocycles. The maximum atomic E-state index is 12.2. The van der Waals surface area contributed by atoms with E-state index in [1.807, 2.05) is 6.07 Å². The van der Waals surface area contributed by atoms with Crippen LogP contribution in [0.2, 0.25) is 0 Å². The van der Waals surface area contributed by atoms with Gasteiger partial charge in [0.05, 0.1) is 6.54 Å². The SMILES string of the molecule is Cl.NCC1CCCCN1C(=O)CNC(=O)c1cccc(Br)c1. The minimum absolute atomic E-state index is 0. The zero-order valence-electron chi connectivity index (χ0n) is 12.3. The first-order chi connectivity index (χ1) is 10.1. The zero-order valence-corrected chi connectivity index (χ0v) is 14.7. The number of halogens is 2. The summed E-state index contributed by atoms with van der Waals surface area (Å²) in [6.45, 7) is 1.22.